The van der Waals surface area contributed by atoms with Gasteiger partial charge in [0.15, 0.2) is 0 Å². The highest BCUT2D eigenvalue weighted by Gasteiger charge is 2.03. The van der Waals surface area contributed by atoms with Crippen molar-refractivity contribution in [2.45, 2.75) is 12.5 Å². The van der Waals surface area contributed by atoms with Gasteiger partial charge in [-0.05, 0) is 18.6 Å². The van der Waals surface area contributed by atoms with Crippen molar-refractivity contribution in [3.8, 4) is 5.75 Å². The summed E-state index contributed by atoms with van der Waals surface area (Å²) in [6, 6.07) is 3.16. The first-order valence-corrected chi connectivity index (χ1v) is 3.75. The summed E-state index contributed by atoms with van der Waals surface area (Å²) in [5.74, 6) is 0.157. The fourth-order valence-electron chi connectivity index (χ4n) is 0.917. The van der Waals surface area contributed by atoms with Gasteiger partial charge in [0, 0.05) is 0 Å². The number of rotatable bonds is 3. The van der Waals surface area contributed by atoms with Crippen LogP contribution in [0.25, 0.3) is 0 Å². The van der Waals surface area contributed by atoms with Crippen LogP contribution in [0.15, 0.2) is 31.0 Å². The van der Waals surface area contributed by atoms with E-state index in [0.29, 0.717) is 6.42 Å². The summed E-state index contributed by atoms with van der Waals surface area (Å²) < 4.78 is 0. The second kappa shape index (κ2) is 3.88. The van der Waals surface area contributed by atoms with Gasteiger partial charge in [-0.25, -0.2) is 0 Å². The molecule has 1 atom stereocenters. The third-order valence-corrected chi connectivity index (χ3v) is 1.57. The number of hydrogen-bond acceptors (Lipinski definition) is 3. The highest BCUT2D eigenvalue weighted by molar-refractivity contribution is 5.19. The van der Waals surface area contributed by atoms with E-state index in [1.807, 2.05) is 0 Å². The summed E-state index contributed by atoms with van der Waals surface area (Å²) in [7, 11) is 0. The molecule has 1 rings (SSSR count). The van der Waals surface area contributed by atoms with Crippen molar-refractivity contribution in [2.24, 2.45) is 5.73 Å². The van der Waals surface area contributed by atoms with Gasteiger partial charge in [-0.3, -0.25) is 4.98 Å². The summed E-state index contributed by atoms with van der Waals surface area (Å²) in [4.78, 5) is 3.97. The summed E-state index contributed by atoms with van der Waals surface area (Å²) in [6.45, 7) is 3.59. The van der Waals surface area contributed by atoms with Crippen LogP contribution in [-0.4, -0.2) is 10.1 Å². The lowest BCUT2D eigenvalue weighted by molar-refractivity contribution is 0.471. The van der Waals surface area contributed by atoms with Crippen LogP contribution in [0.5, 0.6) is 5.75 Å². The minimum absolute atomic E-state index is 0.122. The standard InChI is InChI=1S/C9H12N2O/c1-2-3-8(10)9-5-4-7(12)6-11-9/h2,4-6,8,12H,1,3,10H2. The smallest absolute Gasteiger partial charge is 0.133 e. The highest BCUT2D eigenvalue weighted by atomic mass is 16.3. The molecule has 0 aromatic carbocycles. The molecule has 3 nitrogen and oxygen atoms in total. The molecule has 0 spiro atoms. The van der Waals surface area contributed by atoms with Crippen LogP contribution >= 0.6 is 0 Å². The van der Waals surface area contributed by atoms with Gasteiger partial charge in [-0.1, -0.05) is 6.08 Å². The maximum absolute atomic E-state index is 8.94. The average molecular weight is 164 g/mol. The second-order valence-electron chi connectivity index (χ2n) is 2.57. The topological polar surface area (TPSA) is 59.1 Å². The fraction of sp³-hybridized carbons (Fsp3) is 0.222. The molecule has 0 amide bonds. The molecule has 0 saturated heterocycles. The number of nitrogens with two attached hydrogens (primary N) is 1. The quantitative estimate of drug-likeness (QED) is 0.663. The van der Waals surface area contributed by atoms with Crippen LogP contribution in [-0.2, 0) is 0 Å². The molecule has 1 aromatic heterocycles. The van der Waals surface area contributed by atoms with E-state index in [9.17, 15) is 0 Å². The van der Waals surface area contributed by atoms with Gasteiger partial charge < -0.3 is 10.8 Å². The average Bonchev–Trinajstić information content (AvgIpc) is 2.06. The first-order chi connectivity index (χ1) is 5.74. The van der Waals surface area contributed by atoms with Gasteiger partial charge in [0.2, 0.25) is 0 Å². The normalized spacial score (nSPS) is 12.4. The van der Waals surface area contributed by atoms with Crippen molar-refractivity contribution in [1.82, 2.24) is 4.98 Å². The van der Waals surface area contributed by atoms with Crippen LogP contribution in [0, 0.1) is 0 Å². The van der Waals surface area contributed by atoms with Crippen molar-refractivity contribution >= 4 is 0 Å². The predicted molar refractivity (Wildman–Crippen MR) is 47.6 cm³/mol. The molecule has 12 heavy (non-hydrogen) atoms. The number of nitrogens with zero attached hydrogens (tertiary/aromatic N) is 1. The lowest BCUT2D eigenvalue weighted by Gasteiger charge is -2.07. The molecule has 3 N–H and O–H groups in total. The largest absolute Gasteiger partial charge is 0.506 e. The van der Waals surface area contributed by atoms with E-state index in [0.717, 1.165) is 5.69 Å². The Bertz CT molecular complexity index is 256. The first-order valence-electron chi connectivity index (χ1n) is 3.75. The number of aromatic hydroxyl groups is 1. The van der Waals surface area contributed by atoms with Crippen LogP contribution < -0.4 is 5.73 Å². The zero-order valence-electron chi connectivity index (χ0n) is 6.77. The van der Waals surface area contributed by atoms with Gasteiger partial charge in [0.05, 0.1) is 17.9 Å². The Morgan fingerprint density at radius 2 is 2.42 bits per heavy atom. The maximum Gasteiger partial charge on any atom is 0.133 e. The minimum Gasteiger partial charge on any atom is -0.506 e. The molecule has 0 fully saturated rings. The maximum atomic E-state index is 8.94. The third kappa shape index (κ3) is 2.07. The van der Waals surface area contributed by atoms with E-state index in [1.165, 1.54) is 6.20 Å². The van der Waals surface area contributed by atoms with Crippen molar-refractivity contribution in [2.75, 3.05) is 0 Å². The van der Waals surface area contributed by atoms with E-state index < -0.39 is 0 Å². The van der Waals surface area contributed by atoms with Gasteiger partial charge in [-0.2, -0.15) is 0 Å². The van der Waals surface area contributed by atoms with Crippen molar-refractivity contribution in [1.29, 1.82) is 0 Å². The Morgan fingerprint density at radius 3 is 2.92 bits per heavy atom. The lowest BCUT2D eigenvalue weighted by Crippen LogP contribution is -2.10. The summed E-state index contributed by atoms with van der Waals surface area (Å²) in [5, 5.41) is 8.94. The Kier molecular flexibility index (Phi) is 2.82. The van der Waals surface area contributed by atoms with E-state index >= 15 is 0 Å². The van der Waals surface area contributed by atoms with Crippen LogP contribution in [0.1, 0.15) is 18.2 Å². The summed E-state index contributed by atoms with van der Waals surface area (Å²) in [5.41, 5.74) is 6.51. The molecule has 0 bridgehead atoms. The van der Waals surface area contributed by atoms with E-state index in [-0.39, 0.29) is 11.8 Å². The van der Waals surface area contributed by atoms with Crippen LogP contribution in [0.2, 0.25) is 0 Å². The Labute approximate surface area is 71.6 Å². The number of hydrogen-bond donors (Lipinski definition) is 2. The Balaban J connectivity index is 2.74. The van der Waals surface area contributed by atoms with Crippen molar-refractivity contribution in [3.05, 3.63) is 36.7 Å². The molecule has 1 unspecified atom stereocenters. The summed E-state index contributed by atoms with van der Waals surface area (Å²) >= 11 is 0. The van der Waals surface area contributed by atoms with Gasteiger partial charge in [0.25, 0.3) is 0 Å². The predicted octanol–water partition coefficient (Wildman–Crippen LogP) is 1.36. The second-order valence-corrected chi connectivity index (χ2v) is 2.57. The third-order valence-electron chi connectivity index (χ3n) is 1.57. The molecule has 0 saturated carbocycles. The molecule has 0 aliphatic carbocycles. The lowest BCUT2D eigenvalue weighted by atomic mass is 10.1. The molecular formula is C9H12N2O. The van der Waals surface area contributed by atoms with E-state index in [1.54, 1.807) is 18.2 Å². The molecular weight excluding hydrogens is 152 g/mol. The molecule has 0 aliphatic rings. The van der Waals surface area contributed by atoms with E-state index in [2.05, 4.69) is 11.6 Å². The van der Waals surface area contributed by atoms with Gasteiger partial charge in [0.1, 0.15) is 5.75 Å². The Hall–Kier alpha value is -1.35. The molecule has 3 heteroatoms. The van der Waals surface area contributed by atoms with Crippen LogP contribution in [0.4, 0.5) is 0 Å². The minimum atomic E-state index is -0.122. The highest BCUT2D eigenvalue weighted by Crippen LogP contribution is 2.13. The zero-order chi connectivity index (χ0) is 8.97. The molecule has 0 radical (unpaired) electrons. The number of aromatic nitrogens is 1. The van der Waals surface area contributed by atoms with Gasteiger partial charge in [-0.15, -0.1) is 6.58 Å². The monoisotopic (exact) mass is 164 g/mol. The SMILES string of the molecule is C=CCC(N)c1ccc(O)cn1. The van der Waals surface area contributed by atoms with E-state index in [4.69, 9.17) is 10.8 Å². The fourth-order valence-corrected chi connectivity index (χ4v) is 0.917. The summed E-state index contributed by atoms with van der Waals surface area (Å²) in [6.07, 6.45) is 3.83. The molecule has 1 aromatic rings. The molecule has 1 heterocycles. The Morgan fingerprint density at radius 1 is 1.67 bits per heavy atom. The number of pyridine rings is 1. The van der Waals surface area contributed by atoms with Crippen molar-refractivity contribution in [3.63, 3.8) is 0 Å². The van der Waals surface area contributed by atoms with Gasteiger partial charge >= 0.3 is 0 Å². The molecule has 64 valence electrons. The van der Waals surface area contributed by atoms with Crippen molar-refractivity contribution < 1.29 is 5.11 Å². The van der Waals surface area contributed by atoms with Crippen LogP contribution in [0.3, 0.4) is 0 Å². The zero-order valence-corrected chi connectivity index (χ0v) is 6.77. The molecule has 0 aliphatic heterocycles. The first kappa shape index (κ1) is 8.74.